The number of aryl methyl sites for hydroxylation is 2. The normalized spacial score (nSPS) is 15.5. The summed E-state index contributed by atoms with van der Waals surface area (Å²) >= 11 is 0. The Balaban J connectivity index is 1.96. The molecule has 1 aromatic rings. The third-order valence-corrected chi connectivity index (χ3v) is 3.66. The van der Waals surface area contributed by atoms with Crippen LogP contribution in [0.15, 0.2) is 18.2 Å². The fourth-order valence-corrected chi connectivity index (χ4v) is 2.40. The maximum atomic E-state index is 12.2. The summed E-state index contributed by atoms with van der Waals surface area (Å²) in [6, 6.07) is 6.18. The molecule has 19 heavy (non-hydrogen) atoms. The van der Waals surface area contributed by atoms with Crippen molar-refractivity contribution in [2.45, 2.75) is 20.3 Å². The summed E-state index contributed by atoms with van der Waals surface area (Å²) in [5.74, 6) is 0.150. The van der Waals surface area contributed by atoms with Gasteiger partial charge in [0.1, 0.15) is 0 Å². The molecule has 4 heteroatoms. The molecule has 0 N–H and O–H groups in total. The van der Waals surface area contributed by atoms with Gasteiger partial charge in [0.05, 0.1) is 6.42 Å². The van der Waals surface area contributed by atoms with Crippen molar-refractivity contribution in [3.63, 3.8) is 0 Å². The molecule has 1 fully saturated rings. The molecule has 0 atom stereocenters. The average molecular weight is 260 g/mol. The smallest absolute Gasteiger partial charge is 0.227 e. The lowest BCUT2D eigenvalue weighted by Gasteiger charge is -2.32. The van der Waals surface area contributed by atoms with E-state index in [1.807, 2.05) is 24.0 Å². The molecule has 4 nitrogen and oxygen atoms in total. The van der Waals surface area contributed by atoms with E-state index >= 15 is 0 Å². The van der Waals surface area contributed by atoms with E-state index in [0.717, 1.165) is 12.0 Å². The number of hydrogen-bond acceptors (Lipinski definition) is 2. The van der Waals surface area contributed by atoms with Gasteiger partial charge < -0.3 is 9.80 Å². The molecule has 1 heterocycles. The minimum Gasteiger partial charge on any atom is -0.342 e. The summed E-state index contributed by atoms with van der Waals surface area (Å²) in [4.78, 5) is 26.4. The molecule has 0 aliphatic carbocycles. The standard InChI is InChI=1S/C15H20N2O2/c1-12-3-4-14(13(2)9-12)10-15(19)17-7-5-16(11-18)6-8-17/h3-4,9,11H,5-8,10H2,1-2H3. The first-order chi connectivity index (χ1) is 9.10. The molecule has 0 bridgehead atoms. The highest BCUT2D eigenvalue weighted by Gasteiger charge is 2.20. The molecule has 2 amide bonds. The van der Waals surface area contributed by atoms with Gasteiger partial charge in [-0.1, -0.05) is 23.8 Å². The van der Waals surface area contributed by atoms with E-state index in [1.165, 1.54) is 11.1 Å². The van der Waals surface area contributed by atoms with E-state index < -0.39 is 0 Å². The lowest BCUT2D eigenvalue weighted by atomic mass is 10.0. The van der Waals surface area contributed by atoms with Gasteiger partial charge in [0.2, 0.25) is 12.3 Å². The fourth-order valence-electron chi connectivity index (χ4n) is 2.40. The molecule has 0 spiro atoms. The van der Waals surface area contributed by atoms with Crippen molar-refractivity contribution in [2.24, 2.45) is 0 Å². The highest BCUT2D eigenvalue weighted by Crippen LogP contribution is 2.13. The Bertz CT molecular complexity index is 477. The minimum atomic E-state index is 0.150. The van der Waals surface area contributed by atoms with Crippen molar-refractivity contribution in [3.8, 4) is 0 Å². The first kappa shape index (κ1) is 13.6. The predicted molar refractivity (Wildman–Crippen MR) is 73.8 cm³/mol. The van der Waals surface area contributed by atoms with Crippen molar-refractivity contribution in [1.29, 1.82) is 0 Å². The van der Waals surface area contributed by atoms with Gasteiger partial charge in [-0.05, 0) is 25.0 Å². The van der Waals surface area contributed by atoms with Crippen molar-refractivity contribution in [1.82, 2.24) is 9.80 Å². The molecule has 0 radical (unpaired) electrons. The molecule has 2 rings (SSSR count). The second kappa shape index (κ2) is 5.87. The molecule has 1 aromatic carbocycles. The largest absolute Gasteiger partial charge is 0.342 e. The van der Waals surface area contributed by atoms with E-state index in [0.29, 0.717) is 32.6 Å². The Morgan fingerprint density at radius 3 is 2.47 bits per heavy atom. The first-order valence-electron chi connectivity index (χ1n) is 6.63. The Morgan fingerprint density at radius 1 is 1.21 bits per heavy atom. The van der Waals surface area contributed by atoms with Gasteiger partial charge >= 0.3 is 0 Å². The number of carbonyl (C=O) groups is 2. The van der Waals surface area contributed by atoms with Crippen molar-refractivity contribution in [2.75, 3.05) is 26.2 Å². The zero-order valence-electron chi connectivity index (χ0n) is 11.6. The van der Waals surface area contributed by atoms with Gasteiger partial charge in [-0.25, -0.2) is 0 Å². The molecular formula is C15H20N2O2. The predicted octanol–water partition coefficient (Wildman–Crippen LogP) is 1.15. The van der Waals surface area contributed by atoms with E-state index in [1.54, 1.807) is 4.90 Å². The molecule has 0 unspecified atom stereocenters. The van der Waals surface area contributed by atoms with Gasteiger partial charge in [-0.3, -0.25) is 9.59 Å². The molecule has 1 aliphatic rings. The van der Waals surface area contributed by atoms with Crippen LogP contribution in [-0.2, 0) is 16.0 Å². The summed E-state index contributed by atoms with van der Waals surface area (Å²) in [5, 5.41) is 0. The van der Waals surface area contributed by atoms with Crippen LogP contribution in [-0.4, -0.2) is 48.3 Å². The Hall–Kier alpha value is -1.84. The van der Waals surface area contributed by atoms with E-state index in [9.17, 15) is 9.59 Å². The quantitative estimate of drug-likeness (QED) is 0.765. The van der Waals surface area contributed by atoms with Crippen LogP contribution in [0.2, 0.25) is 0 Å². The van der Waals surface area contributed by atoms with Crippen LogP contribution in [0.25, 0.3) is 0 Å². The highest BCUT2D eigenvalue weighted by atomic mass is 16.2. The molecule has 1 aliphatic heterocycles. The number of piperazine rings is 1. The fraction of sp³-hybridized carbons (Fsp3) is 0.467. The molecule has 1 saturated heterocycles. The SMILES string of the molecule is Cc1ccc(CC(=O)N2CCN(C=O)CC2)c(C)c1. The van der Waals surface area contributed by atoms with E-state index in [2.05, 4.69) is 13.0 Å². The summed E-state index contributed by atoms with van der Waals surface area (Å²) in [6.45, 7) is 6.66. The third kappa shape index (κ3) is 3.34. The maximum Gasteiger partial charge on any atom is 0.227 e. The number of hydrogen-bond donors (Lipinski definition) is 0. The highest BCUT2D eigenvalue weighted by molar-refractivity contribution is 5.79. The van der Waals surface area contributed by atoms with Crippen molar-refractivity contribution in [3.05, 3.63) is 34.9 Å². The van der Waals surface area contributed by atoms with E-state index in [-0.39, 0.29) is 5.91 Å². The van der Waals surface area contributed by atoms with Crippen LogP contribution >= 0.6 is 0 Å². The number of nitrogens with zero attached hydrogens (tertiary/aromatic N) is 2. The van der Waals surface area contributed by atoms with E-state index in [4.69, 9.17) is 0 Å². The molecule has 0 saturated carbocycles. The summed E-state index contributed by atoms with van der Waals surface area (Å²) in [6.07, 6.45) is 1.30. The number of amides is 2. The summed E-state index contributed by atoms with van der Waals surface area (Å²) < 4.78 is 0. The second-order valence-corrected chi connectivity index (χ2v) is 5.13. The van der Waals surface area contributed by atoms with Gasteiger partial charge in [-0.2, -0.15) is 0 Å². The van der Waals surface area contributed by atoms with Gasteiger partial charge in [-0.15, -0.1) is 0 Å². The Morgan fingerprint density at radius 2 is 1.89 bits per heavy atom. The lowest BCUT2D eigenvalue weighted by molar-refractivity contribution is -0.134. The van der Waals surface area contributed by atoms with Crippen LogP contribution in [0.3, 0.4) is 0 Å². The van der Waals surface area contributed by atoms with Gasteiger partial charge in [0, 0.05) is 26.2 Å². The summed E-state index contributed by atoms with van der Waals surface area (Å²) in [7, 11) is 0. The van der Waals surface area contributed by atoms with Crippen LogP contribution in [0.1, 0.15) is 16.7 Å². The number of benzene rings is 1. The second-order valence-electron chi connectivity index (χ2n) is 5.13. The minimum absolute atomic E-state index is 0.150. The van der Waals surface area contributed by atoms with Crippen molar-refractivity contribution < 1.29 is 9.59 Å². The topological polar surface area (TPSA) is 40.6 Å². The number of carbonyl (C=O) groups excluding carboxylic acids is 2. The zero-order valence-corrected chi connectivity index (χ0v) is 11.6. The molecular weight excluding hydrogens is 240 g/mol. The van der Waals surface area contributed by atoms with Crippen LogP contribution in [0.5, 0.6) is 0 Å². The van der Waals surface area contributed by atoms with Crippen LogP contribution in [0, 0.1) is 13.8 Å². The van der Waals surface area contributed by atoms with Gasteiger partial charge in [0.15, 0.2) is 0 Å². The lowest BCUT2D eigenvalue weighted by Crippen LogP contribution is -2.48. The molecule has 0 aromatic heterocycles. The van der Waals surface area contributed by atoms with Gasteiger partial charge in [0.25, 0.3) is 0 Å². The zero-order chi connectivity index (χ0) is 13.8. The van der Waals surface area contributed by atoms with Crippen molar-refractivity contribution >= 4 is 12.3 Å². The average Bonchev–Trinajstić information content (AvgIpc) is 2.42. The maximum absolute atomic E-state index is 12.2. The third-order valence-electron chi connectivity index (χ3n) is 3.66. The summed E-state index contributed by atoms with van der Waals surface area (Å²) in [5.41, 5.74) is 3.47. The number of rotatable bonds is 3. The van der Waals surface area contributed by atoms with Crippen LogP contribution < -0.4 is 0 Å². The monoisotopic (exact) mass is 260 g/mol. The Labute approximate surface area is 114 Å². The van der Waals surface area contributed by atoms with Crippen LogP contribution in [0.4, 0.5) is 0 Å². The Kier molecular flexibility index (Phi) is 4.20. The first-order valence-corrected chi connectivity index (χ1v) is 6.63. The molecule has 102 valence electrons.